The number of nitrogens with zero attached hydrogens (tertiary/aromatic N) is 1. The zero-order valence-corrected chi connectivity index (χ0v) is 10.0. The number of hydrazine groups is 1. The van der Waals surface area contributed by atoms with Gasteiger partial charge in [0, 0.05) is 0 Å². The second kappa shape index (κ2) is 5.42. The summed E-state index contributed by atoms with van der Waals surface area (Å²) in [6.07, 6.45) is 0. The van der Waals surface area contributed by atoms with Crippen molar-refractivity contribution in [2.45, 2.75) is 6.92 Å². The number of nitrogens with one attached hydrogen (secondary N) is 1. The van der Waals surface area contributed by atoms with Crippen LogP contribution in [0.5, 0.6) is 0 Å². The number of hydrogen-bond acceptors (Lipinski definition) is 2. The minimum Gasteiger partial charge on any atom is -0.308 e. The highest BCUT2D eigenvalue weighted by molar-refractivity contribution is 6.00. The Hall–Kier alpha value is -2.20. The molecule has 2 aromatic rings. The van der Waals surface area contributed by atoms with Gasteiger partial charge in [0.2, 0.25) is 0 Å². The van der Waals surface area contributed by atoms with Crippen LogP contribution in [0.4, 0.5) is 10.1 Å². The van der Waals surface area contributed by atoms with E-state index in [0.717, 1.165) is 5.56 Å². The van der Waals surface area contributed by atoms with Crippen LogP contribution in [-0.4, -0.2) is 5.84 Å². The first-order valence-corrected chi connectivity index (χ1v) is 5.57. The van der Waals surface area contributed by atoms with E-state index < -0.39 is 0 Å². The maximum absolute atomic E-state index is 13.7. The average molecular weight is 243 g/mol. The van der Waals surface area contributed by atoms with Crippen LogP contribution in [0.15, 0.2) is 53.5 Å². The molecule has 0 bridgehead atoms. The number of nitrogens with two attached hydrogens (primary N) is 1. The first kappa shape index (κ1) is 12.3. The van der Waals surface area contributed by atoms with Crippen LogP contribution in [0.25, 0.3) is 0 Å². The predicted molar refractivity (Wildman–Crippen MR) is 71.1 cm³/mol. The molecule has 0 radical (unpaired) electrons. The minimum atomic E-state index is -0.353. The molecule has 2 aromatic carbocycles. The van der Waals surface area contributed by atoms with Gasteiger partial charge in [-0.15, -0.1) is 0 Å². The molecule has 4 heteroatoms. The number of aliphatic imine (C=N–C) groups is 1. The first-order chi connectivity index (χ1) is 8.70. The summed E-state index contributed by atoms with van der Waals surface area (Å²) >= 11 is 0. The normalized spacial score (nSPS) is 11.4. The van der Waals surface area contributed by atoms with E-state index in [1.165, 1.54) is 6.07 Å². The summed E-state index contributed by atoms with van der Waals surface area (Å²) in [5, 5.41) is 0. The zero-order valence-electron chi connectivity index (χ0n) is 10.0. The average Bonchev–Trinajstić information content (AvgIpc) is 2.40. The molecule has 0 spiro atoms. The molecule has 0 fully saturated rings. The van der Waals surface area contributed by atoms with Crippen molar-refractivity contribution in [2.75, 3.05) is 0 Å². The number of halogens is 1. The number of amidine groups is 1. The first-order valence-electron chi connectivity index (χ1n) is 5.57. The molecule has 18 heavy (non-hydrogen) atoms. The van der Waals surface area contributed by atoms with Gasteiger partial charge in [-0.3, -0.25) is 0 Å². The molecule has 2 rings (SSSR count). The van der Waals surface area contributed by atoms with Gasteiger partial charge in [-0.05, 0) is 31.2 Å². The third-order valence-electron chi connectivity index (χ3n) is 2.51. The van der Waals surface area contributed by atoms with Crippen LogP contribution < -0.4 is 11.3 Å². The summed E-state index contributed by atoms with van der Waals surface area (Å²) in [7, 11) is 0. The highest BCUT2D eigenvalue weighted by atomic mass is 19.1. The van der Waals surface area contributed by atoms with E-state index in [1.807, 2.05) is 37.3 Å². The molecular formula is C14H14FN3. The van der Waals surface area contributed by atoms with Gasteiger partial charge in [0.1, 0.15) is 5.82 Å². The lowest BCUT2D eigenvalue weighted by Crippen LogP contribution is -2.31. The van der Waals surface area contributed by atoms with Crippen molar-refractivity contribution in [3.63, 3.8) is 0 Å². The van der Waals surface area contributed by atoms with E-state index in [-0.39, 0.29) is 5.82 Å². The van der Waals surface area contributed by atoms with Crippen molar-refractivity contribution in [2.24, 2.45) is 10.8 Å². The van der Waals surface area contributed by atoms with Gasteiger partial charge in [-0.2, -0.15) is 0 Å². The second-order valence-electron chi connectivity index (χ2n) is 3.92. The summed E-state index contributed by atoms with van der Waals surface area (Å²) in [5.41, 5.74) is 4.47. The molecule has 92 valence electrons. The van der Waals surface area contributed by atoms with Gasteiger partial charge in [0.15, 0.2) is 5.84 Å². The third kappa shape index (κ3) is 2.73. The molecule has 0 saturated carbocycles. The molecule has 0 atom stereocenters. The Morgan fingerprint density at radius 3 is 2.56 bits per heavy atom. The number of rotatable bonds is 2. The fraction of sp³-hybridized carbons (Fsp3) is 0.0714. The standard InChI is InChI=1S/C14H14FN3/c1-10-7-8-13(15)12(9-10)14(18-16)17-11-5-3-2-4-6-11/h2-9H,16H2,1H3,(H,17,18). The van der Waals surface area contributed by atoms with E-state index >= 15 is 0 Å². The molecule has 0 unspecified atom stereocenters. The lowest BCUT2D eigenvalue weighted by Gasteiger charge is -2.08. The Bertz CT molecular complexity index is 565. The Morgan fingerprint density at radius 2 is 1.89 bits per heavy atom. The summed E-state index contributed by atoms with van der Waals surface area (Å²) < 4.78 is 13.7. The van der Waals surface area contributed by atoms with Crippen molar-refractivity contribution >= 4 is 11.5 Å². The van der Waals surface area contributed by atoms with Gasteiger partial charge < -0.3 is 5.43 Å². The summed E-state index contributed by atoms with van der Waals surface area (Å²) in [4.78, 5) is 4.29. The van der Waals surface area contributed by atoms with Gasteiger partial charge in [-0.25, -0.2) is 15.2 Å². The van der Waals surface area contributed by atoms with Crippen LogP contribution in [0.1, 0.15) is 11.1 Å². The topological polar surface area (TPSA) is 50.4 Å². The van der Waals surface area contributed by atoms with Crippen molar-refractivity contribution in [3.05, 3.63) is 65.5 Å². The van der Waals surface area contributed by atoms with Gasteiger partial charge in [-0.1, -0.05) is 29.8 Å². The lowest BCUT2D eigenvalue weighted by atomic mass is 10.1. The van der Waals surface area contributed by atoms with Crippen molar-refractivity contribution in [1.29, 1.82) is 0 Å². The minimum absolute atomic E-state index is 0.308. The van der Waals surface area contributed by atoms with E-state index in [9.17, 15) is 4.39 Å². The molecule has 0 aromatic heterocycles. The zero-order chi connectivity index (χ0) is 13.0. The molecule has 0 heterocycles. The largest absolute Gasteiger partial charge is 0.308 e. The monoisotopic (exact) mass is 243 g/mol. The summed E-state index contributed by atoms with van der Waals surface area (Å²) in [6.45, 7) is 1.89. The Balaban J connectivity index is 2.45. The smallest absolute Gasteiger partial charge is 0.150 e. The number of hydrogen-bond donors (Lipinski definition) is 2. The lowest BCUT2D eigenvalue weighted by molar-refractivity contribution is 0.623. The van der Waals surface area contributed by atoms with Crippen LogP contribution in [0, 0.1) is 12.7 Å². The number of para-hydroxylation sites is 1. The van der Waals surface area contributed by atoms with Crippen molar-refractivity contribution in [1.82, 2.24) is 5.43 Å². The van der Waals surface area contributed by atoms with Crippen LogP contribution >= 0.6 is 0 Å². The fourth-order valence-electron chi connectivity index (χ4n) is 1.62. The predicted octanol–water partition coefficient (Wildman–Crippen LogP) is 2.68. The molecule has 0 aliphatic rings. The molecule has 0 aliphatic carbocycles. The molecule has 3 N–H and O–H groups in total. The van der Waals surface area contributed by atoms with E-state index in [2.05, 4.69) is 10.4 Å². The van der Waals surface area contributed by atoms with E-state index in [4.69, 9.17) is 5.84 Å². The van der Waals surface area contributed by atoms with E-state index in [0.29, 0.717) is 17.1 Å². The highest BCUT2D eigenvalue weighted by Crippen LogP contribution is 2.15. The van der Waals surface area contributed by atoms with Crippen LogP contribution in [0.2, 0.25) is 0 Å². The van der Waals surface area contributed by atoms with Crippen molar-refractivity contribution in [3.8, 4) is 0 Å². The number of benzene rings is 2. The molecular weight excluding hydrogens is 229 g/mol. The molecule has 0 saturated heterocycles. The molecule has 0 aliphatic heterocycles. The quantitative estimate of drug-likeness (QED) is 0.369. The Kier molecular flexibility index (Phi) is 3.69. The summed E-state index contributed by atoms with van der Waals surface area (Å²) in [5.74, 6) is 5.38. The Morgan fingerprint density at radius 1 is 1.17 bits per heavy atom. The number of aryl methyl sites for hydroxylation is 1. The second-order valence-corrected chi connectivity index (χ2v) is 3.92. The van der Waals surface area contributed by atoms with Gasteiger partial charge in [0.05, 0.1) is 11.3 Å². The molecule has 0 amide bonds. The third-order valence-corrected chi connectivity index (χ3v) is 2.51. The fourth-order valence-corrected chi connectivity index (χ4v) is 1.62. The van der Waals surface area contributed by atoms with Crippen LogP contribution in [-0.2, 0) is 0 Å². The van der Waals surface area contributed by atoms with Crippen LogP contribution in [0.3, 0.4) is 0 Å². The van der Waals surface area contributed by atoms with Crippen molar-refractivity contribution < 1.29 is 4.39 Å². The molecule has 3 nitrogen and oxygen atoms in total. The SMILES string of the molecule is Cc1ccc(F)c(C(=Nc2ccccc2)NN)c1. The maximum Gasteiger partial charge on any atom is 0.150 e. The van der Waals surface area contributed by atoms with Gasteiger partial charge >= 0.3 is 0 Å². The summed E-state index contributed by atoms with van der Waals surface area (Å²) in [6, 6.07) is 14.1. The van der Waals surface area contributed by atoms with Gasteiger partial charge in [0.25, 0.3) is 0 Å². The maximum atomic E-state index is 13.7. The van der Waals surface area contributed by atoms with E-state index in [1.54, 1.807) is 12.1 Å². The Labute approximate surface area is 105 Å². The highest BCUT2D eigenvalue weighted by Gasteiger charge is 2.08.